The first-order chi connectivity index (χ1) is 18.9. The number of carbonyl (C=O) groups is 2. The number of aromatic nitrogens is 2. The van der Waals surface area contributed by atoms with E-state index in [4.69, 9.17) is 4.74 Å². The molecule has 0 spiro atoms. The predicted molar refractivity (Wildman–Crippen MR) is 135 cm³/mol. The maximum Gasteiger partial charge on any atom is 0.417 e. The molecule has 210 valence electrons. The van der Waals surface area contributed by atoms with E-state index in [0.29, 0.717) is 6.07 Å². The highest BCUT2D eigenvalue weighted by molar-refractivity contribution is 6.01. The quantitative estimate of drug-likeness (QED) is 0.346. The molecule has 3 heterocycles. The number of hydrogen-bond donors (Lipinski definition) is 0. The molecule has 5 rings (SSSR count). The van der Waals surface area contributed by atoms with Gasteiger partial charge < -0.3 is 14.5 Å². The number of rotatable bonds is 5. The van der Waals surface area contributed by atoms with E-state index in [0.717, 1.165) is 28.8 Å². The molecule has 13 heteroatoms. The van der Waals surface area contributed by atoms with Crippen LogP contribution in [0.25, 0.3) is 22.0 Å². The molecule has 1 unspecified atom stereocenters. The van der Waals surface area contributed by atoms with Crippen molar-refractivity contribution in [1.29, 1.82) is 0 Å². The molecule has 2 aliphatic heterocycles. The molecule has 8 nitrogen and oxygen atoms in total. The predicted octanol–water partition coefficient (Wildman–Crippen LogP) is 3.94. The van der Waals surface area contributed by atoms with Crippen LogP contribution in [-0.4, -0.2) is 58.4 Å². The first-order valence-corrected chi connectivity index (χ1v) is 12.3. The van der Waals surface area contributed by atoms with Gasteiger partial charge in [-0.3, -0.25) is 14.2 Å². The lowest BCUT2D eigenvalue weighted by Gasteiger charge is -2.41. The van der Waals surface area contributed by atoms with Gasteiger partial charge in [0, 0.05) is 48.6 Å². The molecule has 3 aromatic rings. The fourth-order valence-corrected chi connectivity index (χ4v) is 5.37. The van der Waals surface area contributed by atoms with Crippen molar-refractivity contribution in [3.63, 3.8) is 0 Å². The molecule has 1 fully saturated rings. The molecule has 1 saturated heterocycles. The highest BCUT2D eigenvalue weighted by atomic mass is 19.4. The first kappa shape index (κ1) is 27.3. The standard InChI is InChI=1S/C27H23F5N4O4/c1-3-21(38)35-7-6-34(13-16(35)10-14(2)37)25-18-12-19(27(30,31)32)22(17-5-4-15(28)11-20(17)29)24-23(18)36(8-9-40-24)26(39)33-25/h3-5,11-12,16H,1,6-10,13H2,2H3. The summed E-state index contributed by atoms with van der Waals surface area (Å²) in [7, 11) is 0. The number of carbonyl (C=O) groups excluding carboxylic acids is 2. The summed E-state index contributed by atoms with van der Waals surface area (Å²) in [6, 6.07) is 2.34. The minimum Gasteiger partial charge on any atom is -0.489 e. The molecule has 0 N–H and O–H groups in total. The zero-order valence-corrected chi connectivity index (χ0v) is 21.2. The number of anilines is 1. The Balaban J connectivity index is 1.76. The number of Topliss-reactive ketones (excluding diaryl/α,β-unsaturated/α-hetero) is 1. The minimum absolute atomic E-state index is 0.0105. The van der Waals surface area contributed by atoms with Crippen molar-refractivity contribution in [2.45, 2.75) is 32.1 Å². The van der Waals surface area contributed by atoms with E-state index in [1.165, 1.54) is 11.8 Å². The topological polar surface area (TPSA) is 84.7 Å². The molecule has 1 aromatic heterocycles. The minimum atomic E-state index is -4.99. The van der Waals surface area contributed by atoms with Crippen molar-refractivity contribution in [2.24, 2.45) is 0 Å². The normalized spacial score (nSPS) is 17.1. The number of piperazine rings is 1. The van der Waals surface area contributed by atoms with Crippen LogP contribution in [0.3, 0.4) is 0 Å². The molecule has 2 aliphatic rings. The van der Waals surface area contributed by atoms with Gasteiger partial charge in [-0.15, -0.1) is 0 Å². The van der Waals surface area contributed by atoms with Crippen LogP contribution in [0.5, 0.6) is 5.75 Å². The Bertz CT molecular complexity index is 1620. The van der Waals surface area contributed by atoms with E-state index < -0.39 is 52.1 Å². The van der Waals surface area contributed by atoms with Gasteiger partial charge >= 0.3 is 11.9 Å². The van der Waals surface area contributed by atoms with Crippen LogP contribution in [-0.2, 0) is 22.3 Å². The molecule has 0 radical (unpaired) electrons. The van der Waals surface area contributed by atoms with E-state index in [1.54, 1.807) is 4.90 Å². The maximum atomic E-state index is 14.8. The molecule has 2 aromatic carbocycles. The van der Waals surface area contributed by atoms with Gasteiger partial charge in [0.25, 0.3) is 0 Å². The molecule has 1 atom stereocenters. The average Bonchev–Trinajstić information content (AvgIpc) is 2.89. The smallest absolute Gasteiger partial charge is 0.417 e. The van der Waals surface area contributed by atoms with Crippen LogP contribution in [0.2, 0.25) is 0 Å². The molecule has 40 heavy (non-hydrogen) atoms. The number of alkyl halides is 3. The Hall–Kier alpha value is -4.29. The van der Waals surface area contributed by atoms with Crippen molar-refractivity contribution in [3.05, 3.63) is 64.6 Å². The average molecular weight is 562 g/mol. The number of benzene rings is 2. The fraction of sp³-hybridized carbons (Fsp3) is 0.333. The summed E-state index contributed by atoms with van der Waals surface area (Å²) in [6.45, 7) is 4.85. The number of ketones is 1. The van der Waals surface area contributed by atoms with E-state index >= 15 is 0 Å². The van der Waals surface area contributed by atoms with Gasteiger partial charge in [0.05, 0.1) is 23.7 Å². The van der Waals surface area contributed by atoms with Gasteiger partial charge in [-0.25, -0.2) is 13.6 Å². The van der Waals surface area contributed by atoms with Gasteiger partial charge in [0.1, 0.15) is 29.8 Å². The summed E-state index contributed by atoms with van der Waals surface area (Å²) >= 11 is 0. The third-order valence-electron chi connectivity index (χ3n) is 7.03. The highest BCUT2D eigenvalue weighted by Gasteiger charge is 2.40. The van der Waals surface area contributed by atoms with Crippen LogP contribution < -0.4 is 15.3 Å². The molecule has 0 saturated carbocycles. The lowest BCUT2D eigenvalue weighted by atomic mass is 9.94. The Morgan fingerprint density at radius 1 is 1.18 bits per heavy atom. The van der Waals surface area contributed by atoms with Crippen LogP contribution in [0.4, 0.5) is 27.8 Å². The highest BCUT2D eigenvalue weighted by Crippen LogP contribution is 2.48. The van der Waals surface area contributed by atoms with Crippen molar-refractivity contribution in [2.75, 3.05) is 31.1 Å². The molecule has 1 amide bonds. The van der Waals surface area contributed by atoms with Crippen LogP contribution in [0, 0.1) is 11.6 Å². The van der Waals surface area contributed by atoms with E-state index in [9.17, 15) is 36.3 Å². The largest absolute Gasteiger partial charge is 0.489 e. The zero-order valence-electron chi connectivity index (χ0n) is 21.2. The molecule has 0 aliphatic carbocycles. The van der Waals surface area contributed by atoms with E-state index in [2.05, 4.69) is 11.6 Å². The Morgan fingerprint density at radius 3 is 2.58 bits per heavy atom. The number of halogens is 5. The second kappa shape index (κ2) is 10.0. The van der Waals surface area contributed by atoms with Gasteiger partial charge in [0.15, 0.2) is 5.75 Å². The van der Waals surface area contributed by atoms with Gasteiger partial charge in [-0.2, -0.15) is 18.2 Å². The van der Waals surface area contributed by atoms with E-state index in [1.807, 2.05) is 0 Å². The van der Waals surface area contributed by atoms with E-state index in [-0.39, 0.29) is 67.5 Å². The van der Waals surface area contributed by atoms with Gasteiger partial charge in [-0.1, -0.05) is 6.58 Å². The molecular weight excluding hydrogens is 539 g/mol. The lowest BCUT2D eigenvalue weighted by Crippen LogP contribution is -2.56. The Labute approximate surface area is 224 Å². The fourth-order valence-electron chi connectivity index (χ4n) is 5.37. The monoisotopic (exact) mass is 562 g/mol. The van der Waals surface area contributed by atoms with Crippen molar-refractivity contribution in [3.8, 4) is 16.9 Å². The number of hydrogen-bond acceptors (Lipinski definition) is 6. The van der Waals surface area contributed by atoms with Crippen LogP contribution >= 0.6 is 0 Å². The van der Waals surface area contributed by atoms with Crippen LogP contribution in [0.15, 0.2) is 41.7 Å². The summed E-state index contributed by atoms with van der Waals surface area (Å²) in [6.07, 6.45) is -3.91. The maximum absolute atomic E-state index is 14.8. The summed E-state index contributed by atoms with van der Waals surface area (Å²) in [4.78, 5) is 44.6. The summed E-state index contributed by atoms with van der Waals surface area (Å²) < 4.78 is 78.8. The lowest BCUT2D eigenvalue weighted by molar-refractivity contribution is -0.137. The summed E-state index contributed by atoms with van der Waals surface area (Å²) in [5.74, 6) is -3.27. The zero-order chi connectivity index (χ0) is 28.9. The number of nitrogens with zero attached hydrogens (tertiary/aromatic N) is 4. The number of ether oxygens (including phenoxy) is 1. The third kappa shape index (κ3) is 4.69. The second-order valence-electron chi connectivity index (χ2n) is 9.61. The Morgan fingerprint density at radius 2 is 1.93 bits per heavy atom. The van der Waals surface area contributed by atoms with Crippen LogP contribution in [0.1, 0.15) is 18.9 Å². The van der Waals surface area contributed by atoms with Crippen molar-refractivity contribution in [1.82, 2.24) is 14.5 Å². The van der Waals surface area contributed by atoms with Crippen molar-refractivity contribution >= 4 is 28.4 Å². The third-order valence-corrected chi connectivity index (χ3v) is 7.03. The number of amides is 1. The SMILES string of the molecule is C=CC(=O)N1CCN(c2nc(=O)n3c4c(c(-c5ccc(F)cc5F)c(C(F)(F)F)cc24)OCC3)CC1CC(C)=O. The van der Waals surface area contributed by atoms with Gasteiger partial charge in [-0.05, 0) is 31.2 Å². The second-order valence-corrected chi connectivity index (χ2v) is 9.61. The molecule has 0 bridgehead atoms. The van der Waals surface area contributed by atoms with Crippen molar-refractivity contribution < 1.29 is 36.3 Å². The molecular formula is C27H23F5N4O4. The summed E-state index contributed by atoms with van der Waals surface area (Å²) in [5, 5.41) is -0.0713. The summed E-state index contributed by atoms with van der Waals surface area (Å²) in [5.41, 5.74) is -3.22. The van der Waals surface area contributed by atoms with Gasteiger partial charge in [0.2, 0.25) is 5.91 Å². The first-order valence-electron chi connectivity index (χ1n) is 12.3. The Kier molecular flexibility index (Phi) is 6.84.